The molecule has 1 rings (SSSR count). The van der Waals surface area contributed by atoms with Crippen LogP contribution in [0.2, 0.25) is 0 Å². The summed E-state index contributed by atoms with van der Waals surface area (Å²) in [6, 6.07) is 4.93. The first-order valence-corrected chi connectivity index (χ1v) is 7.30. The molecule has 0 saturated heterocycles. The maximum Gasteiger partial charge on any atom is 0.338 e. The van der Waals surface area contributed by atoms with Crippen molar-refractivity contribution in [3.63, 3.8) is 0 Å². The molecule has 0 aliphatic heterocycles. The van der Waals surface area contributed by atoms with Crippen molar-refractivity contribution in [3.8, 4) is 0 Å². The van der Waals surface area contributed by atoms with E-state index in [2.05, 4.69) is 15.9 Å². The lowest BCUT2D eigenvalue weighted by molar-refractivity contribution is 0.00570. The minimum Gasteiger partial charge on any atom is -0.460 e. The fraction of sp³-hybridized carbons (Fsp3) is 0.500. The molecule has 0 aromatic heterocycles. The van der Waals surface area contributed by atoms with Gasteiger partial charge in [0.1, 0.15) is 6.61 Å². The molecule has 118 valence electrons. The van der Waals surface area contributed by atoms with Gasteiger partial charge in [0.2, 0.25) is 0 Å². The number of nitrogen functional groups attached to an aromatic ring is 1. The van der Waals surface area contributed by atoms with Gasteiger partial charge in [-0.3, -0.25) is 0 Å². The number of rotatable bonds is 10. The average Bonchev–Trinajstić information content (AvgIpc) is 2.44. The highest BCUT2D eigenvalue weighted by molar-refractivity contribution is 9.10. The molecule has 0 amide bonds. The zero-order chi connectivity index (χ0) is 15.5. The van der Waals surface area contributed by atoms with Crippen molar-refractivity contribution in [2.45, 2.75) is 0 Å². The topological polar surface area (TPSA) is 80.0 Å². The van der Waals surface area contributed by atoms with Crippen LogP contribution in [0.25, 0.3) is 0 Å². The lowest BCUT2D eigenvalue weighted by Gasteiger charge is -2.07. The molecule has 0 atom stereocenters. The van der Waals surface area contributed by atoms with Crippen molar-refractivity contribution in [2.75, 3.05) is 52.5 Å². The first kappa shape index (κ1) is 17.9. The quantitative estimate of drug-likeness (QED) is 0.389. The number of nitrogens with two attached hydrogens (primary N) is 1. The number of hydrogen-bond acceptors (Lipinski definition) is 6. The molecule has 0 heterocycles. The van der Waals surface area contributed by atoms with Crippen LogP contribution >= 0.6 is 15.9 Å². The number of hydrogen-bond donors (Lipinski definition) is 1. The summed E-state index contributed by atoms with van der Waals surface area (Å²) in [4.78, 5) is 11.8. The van der Waals surface area contributed by atoms with Crippen LogP contribution in [0.1, 0.15) is 10.4 Å². The van der Waals surface area contributed by atoms with E-state index in [4.69, 9.17) is 24.7 Å². The number of carbonyl (C=O) groups is 1. The van der Waals surface area contributed by atoms with E-state index in [1.165, 1.54) is 0 Å². The third-order valence-electron chi connectivity index (χ3n) is 2.42. The standard InChI is InChI=1S/C14H20BrNO5/c1-18-2-3-19-4-5-20-6-7-21-14(17)11-8-12(15)10-13(16)9-11/h8-10H,2-7,16H2,1H3. The van der Waals surface area contributed by atoms with Gasteiger partial charge in [-0.05, 0) is 18.2 Å². The van der Waals surface area contributed by atoms with E-state index >= 15 is 0 Å². The van der Waals surface area contributed by atoms with Gasteiger partial charge in [-0.15, -0.1) is 0 Å². The second-order valence-electron chi connectivity index (χ2n) is 4.13. The van der Waals surface area contributed by atoms with Gasteiger partial charge in [-0.2, -0.15) is 0 Å². The van der Waals surface area contributed by atoms with Crippen molar-refractivity contribution in [3.05, 3.63) is 28.2 Å². The second kappa shape index (κ2) is 10.6. The fourth-order valence-electron chi connectivity index (χ4n) is 1.47. The van der Waals surface area contributed by atoms with Crippen LogP contribution in [-0.2, 0) is 18.9 Å². The predicted molar refractivity (Wildman–Crippen MR) is 82.4 cm³/mol. The van der Waals surface area contributed by atoms with Crippen LogP contribution in [0.5, 0.6) is 0 Å². The fourth-order valence-corrected chi connectivity index (χ4v) is 1.98. The molecule has 0 radical (unpaired) electrons. The van der Waals surface area contributed by atoms with E-state index in [0.717, 1.165) is 4.47 Å². The van der Waals surface area contributed by atoms with E-state index in [1.807, 2.05) is 0 Å². The van der Waals surface area contributed by atoms with E-state index in [9.17, 15) is 4.79 Å². The minimum atomic E-state index is -0.428. The molecule has 0 aliphatic rings. The van der Waals surface area contributed by atoms with E-state index < -0.39 is 5.97 Å². The summed E-state index contributed by atoms with van der Waals surface area (Å²) in [6.45, 7) is 2.54. The Bertz CT molecular complexity index is 421. The number of benzene rings is 1. The lowest BCUT2D eigenvalue weighted by Crippen LogP contribution is -2.14. The smallest absolute Gasteiger partial charge is 0.338 e. The molecule has 0 fully saturated rings. The molecule has 2 N–H and O–H groups in total. The van der Waals surface area contributed by atoms with Gasteiger partial charge >= 0.3 is 5.97 Å². The van der Waals surface area contributed by atoms with Crippen molar-refractivity contribution < 1.29 is 23.7 Å². The highest BCUT2D eigenvalue weighted by Gasteiger charge is 2.08. The van der Waals surface area contributed by atoms with Gasteiger partial charge in [0, 0.05) is 17.3 Å². The molecule has 0 spiro atoms. The molecule has 7 heteroatoms. The van der Waals surface area contributed by atoms with E-state index in [-0.39, 0.29) is 6.61 Å². The van der Waals surface area contributed by atoms with Crippen molar-refractivity contribution in [1.82, 2.24) is 0 Å². The van der Waals surface area contributed by atoms with Gasteiger partial charge in [-0.1, -0.05) is 15.9 Å². The van der Waals surface area contributed by atoms with Crippen LogP contribution in [0, 0.1) is 0 Å². The van der Waals surface area contributed by atoms with Crippen LogP contribution in [-0.4, -0.2) is 52.7 Å². The highest BCUT2D eigenvalue weighted by Crippen LogP contribution is 2.17. The third-order valence-corrected chi connectivity index (χ3v) is 2.88. The average molecular weight is 362 g/mol. The summed E-state index contributed by atoms with van der Waals surface area (Å²) in [7, 11) is 1.62. The number of methoxy groups -OCH3 is 1. The van der Waals surface area contributed by atoms with Crippen molar-refractivity contribution in [2.24, 2.45) is 0 Å². The van der Waals surface area contributed by atoms with Crippen LogP contribution in [0.3, 0.4) is 0 Å². The minimum absolute atomic E-state index is 0.184. The van der Waals surface area contributed by atoms with Crippen LogP contribution < -0.4 is 5.73 Å². The summed E-state index contributed by atoms with van der Waals surface area (Å²) in [6.07, 6.45) is 0. The number of halogens is 1. The Balaban J connectivity index is 2.11. The molecule has 21 heavy (non-hydrogen) atoms. The SMILES string of the molecule is COCCOCCOCCOC(=O)c1cc(N)cc(Br)c1. The second-order valence-corrected chi connectivity index (χ2v) is 5.04. The molecular weight excluding hydrogens is 342 g/mol. The number of ether oxygens (including phenoxy) is 4. The number of esters is 1. The van der Waals surface area contributed by atoms with Gasteiger partial charge in [0.25, 0.3) is 0 Å². The molecule has 0 unspecified atom stereocenters. The van der Waals surface area contributed by atoms with E-state index in [1.54, 1.807) is 25.3 Å². The molecule has 1 aromatic carbocycles. The van der Waals surface area contributed by atoms with Gasteiger partial charge < -0.3 is 24.7 Å². The summed E-state index contributed by atoms with van der Waals surface area (Å²) in [5.41, 5.74) is 6.56. The Morgan fingerprint density at radius 1 is 1.05 bits per heavy atom. The van der Waals surface area contributed by atoms with Crippen molar-refractivity contribution in [1.29, 1.82) is 0 Å². The zero-order valence-electron chi connectivity index (χ0n) is 12.0. The Morgan fingerprint density at radius 3 is 2.29 bits per heavy atom. The first-order chi connectivity index (χ1) is 10.1. The van der Waals surface area contributed by atoms with Gasteiger partial charge in [0.15, 0.2) is 0 Å². The Morgan fingerprint density at radius 2 is 1.67 bits per heavy atom. The van der Waals surface area contributed by atoms with Gasteiger partial charge in [0.05, 0.1) is 38.6 Å². The molecule has 0 bridgehead atoms. The summed E-state index contributed by atoms with van der Waals surface area (Å²) in [5, 5.41) is 0. The molecule has 0 saturated carbocycles. The summed E-state index contributed by atoms with van der Waals surface area (Å²) >= 11 is 3.27. The molecular formula is C14H20BrNO5. The van der Waals surface area contributed by atoms with Crippen molar-refractivity contribution >= 4 is 27.6 Å². The maximum atomic E-state index is 11.8. The largest absolute Gasteiger partial charge is 0.460 e. The summed E-state index contributed by atoms with van der Waals surface area (Å²) < 4.78 is 21.1. The normalized spacial score (nSPS) is 10.6. The Kier molecular flexibility index (Phi) is 9.00. The molecule has 1 aromatic rings. The number of anilines is 1. The lowest BCUT2D eigenvalue weighted by atomic mass is 10.2. The molecule has 6 nitrogen and oxygen atoms in total. The number of carbonyl (C=O) groups excluding carboxylic acids is 1. The monoisotopic (exact) mass is 361 g/mol. The Hall–Kier alpha value is -1.15. The zero-order valence-corrected chi connectivity index (χ0v) is 13.6. The predicted octanol–water partition coefficient (Wildman–Crippen LogP) is 1.87. The third kappa shape index (κ3) is 8.01. The van der Waals surface area contributed by atoms with Gasteiger partial charge in [-0.25, -0.2) is 4.79 Å². The highest BCUT2D eigenvalue weighted by atomic mass is 79.9. The van der Waals surface area contributed by atoms with Crippen LogP contribution in [0.15, 0.2) is 22.7 Å². The Labute approximate surface area is 132 Å². The summed E-state index contributed by atoms with van der Waals surface area (Å²) in [5.74, 6) is -0.428. The van der Waals surface area contributed by atoms with Crippen LogP contribution in [0.4, 0.5) is 5.69 Å². The maximum absolute atomic E-state index is 11.8. The van der Waals surface area contributed by atoms with E-state index in [0.29, 0.717) is 44.3 Å². The molecule has 0 aliphatic carbocycles. The first-order valence-electron chi connectivity index (χ1n) is 6.51.